The number of amides is 1. The Morgan fingerprint density at radius 3 is 2.67 bits per heavy atom. The van der Waals surface area contributed by atoms with E-state index in [1.807, 2.05) is 0 Å². The van der Waals surface area contributed by atoms with Crippen LogP contribution >= 0.6 is 11.3 Å². The van der Waals surface area contributed by atoms with Gasteiger partial charge in [-0.2, -0.15) is 0 Å². The van der Waals surface area contributed by atoms with Crippen LogP contribution in [-0.2, 0) is 11.2 Å². The summed E-state index contributed by atoms with van der Waals surface area (Å²) in [5, 5.41) is 4.28. The summed E-state index contributed by atoms with van der Waals surface area (Å²) in [5.41, 5.74) is 2.45. The Labute approximate surface area is 185 Å². The molecule has 0 bridgehead atoms. The maximum atomic E-state index is 12.6. The van der Waals surface area contributed by atoms with Crippen molar-refractivity contribution >= 4 is 32.6 Å². The lowest BCUT2D eigenvalue weighted by Crippen LogP contribution is -2.41. The molecule has 1 saturated heterocycles. The number of nitrogens with one attached hydrogen (secondary N) is 1. The number of carbonyl (C=O) groups excluding carboxylic acids is 1. The molecule has 0 unspecified atom stereocenters. The van der Waals surface area contributed by atoms with Crippen LogP contribution in [0.1, 0.15) is 58.4 Å². The van der Waals surface area contributed by atoms with Crippen molar-refractivity contribution in [2.45, 2.75) is 59.3 Å². The summed E-state index contributed by atoms with van der Waals surface area (Å²) < 4.78 is 1.27. The number of anilines is 1. The Balaban J connectivity index is 1.41. The summed E-state index contributed by atoms with van der Waals surface area (Å²) in [6.07, 6.45) is 6.42. The molecule has 1 aliphatic rings. The molecule has 1 aliphatic heterocycles. The lowest BCUT2D eigenvalue weighted by Gasteiger charge is -2.31. The zero-order valence-electron chi connectivity index (χ0n) is 19.0. The number of hydrogen-bond donors (Lipinski definition) is 1. The smallest absolute Gasteiger partial charge is 0.223 e. The number of fused-ring (bicyclic) bond motifs is 1. The van der Waals surface area contributed by atoms with Crippen molar-refractivity contribution in [1.82, 2.24) is 15.2 Å². The highest BCUT2D eigenvalue weighted by molar-refractivity contribution is 7.22. The van der Waals surface area contributed by atoms with E-state index in [2.05, 4.69) is 54.1 Å². The summed E-state index contributed by atoms with van der Waals surface area (Å²) in [4.78, 5) is 22.2. The highest BCUT2D eigenvalue weighted by Crippen LogP contribution is 2.32. The molecule has 166 valence electrons. The van der Waals surface area contributed by atoms with Crippen molar-refractivity contribution in [2.24, 2.45) is 5.92 Å². The zero-order chi connectivity index (χ0) is 21.3. The van der Waals surface area contributed by atoms with Crippen LogP contribution in [0.4, 0.5) is 5.13 Å². The summed E-state index contributed by atoms with van der Waals surface area (Å²) >= 11 is 1.78. The van der Waals surface area contributed by atoms with Gasteiger partial charge in [0.2, 0.25) is 5.91 Å². The van der Waals surface area contributed by atoms with Gasteiger partial charge in [0.1, 0.15) is 0 Å². The molecule has 0 atom stereocenters. The van der Waals surface area contributed by atoms with Crippen LogP contribution in [0.3, 0.4) is 0 Å². The highest BCUT2D eigenvalue weighted by Gasteiger charge is 2.26. The third kappa shape index (κ3) is 6.17. The zero-order valence-corrected chi connectivity index (χ0v) is 19.8. The Bertz CT molecular complexity index is 798. The topological polar surface area (TPSA) is 48.5 Å². The SMILES string of the molecule is CCCCN(CC)CCCNC(=O)C1CCN(c2nc3ccc(CC)cc3s2)CC1. The van der Waals surface area contributed by atoms with Gasteiger partial charge in [-0.1, -0.05) is 44.6 Å². The second-order valence-electron chi connectivity index (χ2n) is 8.35. The molecule has 1 aromatic carbocycles. The van der Waals surface area contributed by atoms with Gasteiger partial charge >= 0.3 is 0 Å². The van der Waals surface area contributed by atoms with Gasteiger partial charge in [0.25, 0.3) is 0 Å². The number of nitrogens with zero attached hydrogens (tertiary/aromatic N) is 3. The molecule has 0 aliphatic carbocycles. The van der Waals surface area contributed by atoms with Gasteiger partial charge in [0, 0.05) is 25.6 Å². The fourth-order valence-electron chi connectivity index (χ4n) is 4.11. The van der Waals surface area contributed by atoms with E-state index in [9.17, 15) is 4.79 Å². The Morgan fingerprint density at radius 2 is 1.97 bits per heavy atom. The first-order valence-corrected chi connectivity index (χ1v) is 12.6. The first-order chi connectivity index (χ1) is 14.6. The number of rotatable bonds is 11. The van der Waals surface area contributed by atoms with Gasteiger partial charge in [-0.05, 0) is 69.4 Å². The molecule has 6 heteroatoms. The maximum absolute atomic E-state index is 12.6. The average Bonchev–Trinajstić information content (AvgIpc) is 3.21. The van der Waals surface area contributed by atoms with Crippen LogP contribution in [0.2, 0.25) is 0 Å². The van der Waals surface area contributed by atoms with E-state index in [1.54, 1.807) is 11.3 Å². The molecule has 2 aromatic rings. The van der Waals surface area contributed by atoms with Crippen molar-refractivity contribution in [3.8, 4) is 0 Å². The number of thiazole rings is 1. The average molecular weight is 431 g/mol. The summed E-state index contributed by atoms with van der Waals surface area (Å²) in [6, 6.07) is 6.57. The van der Waals surface area contributed by atoms with Crippen LogP contribution in [0.25, 0.3) is 10.2 Å². The predicted molar refractivity (Wildman–Crippen MR) is 129 cm³/mol. The highest BCUT2D eigenvalue weighted by atomic mass is 32.1. The second kappa shape index (κ2) is 11.7. The van der Waals surface area contributed by atoms with Crippen molar-refractivity contribution in [3.05, 3.63) is 23.8 Å². The second-order valence-corrected chi connectivity index (χ2v) is 9.35. The van der Waals surface area contributed by atoms with Crippen molar-refractivity contribution in [3.63, 3.8) is 0 Å². The van der Waals surface area contributed by atoms with Gasteiger partial charge < -0.3 is 15.1 Å². The Morgan fingerprint density at radius 1 is 1.20 bits per heavy atom. The third-order valence-electron chi connectivity index (χ3n) is 6.21. The van der Waals surface area contributed by atoms with E-state index >= 15 is 0 Å². The normalized spacial score (nSPS) is 15.3. The van der Waals surface area contributed by atoms with Crippen LogP contribution in [0, 0.1) is 5.92 Å². The van der Waals surface area contributed by atoms with E-state index in [4.69, 9.17) is 4.98 Å². The van der Waals surface area contributed by atoms with E-state index in [0.717, 1.165) is 69.1 Å². The van der Waals surface area contributed by atoms with E-state index < -0.39 is 0 Å². The number of hydrogen-bond acceptors (Lipinski definition) is 5. The molecule has 30 heavy (non-hydrogen) atoms. The monoisotopic (exact) mass is 430 g/mol. The molecule has 3 rings (SSSR count). The number of piperidine rings is 1. The molecule has 2 heterocycles. The first kappa shape index (κ1) is 23.0. The van der Waals surface area contributed by atoms with Crippen molar-refractivity contribution in [1.29, 1.82) is 0 Å². The van der Waals surface area contributed by atoms with Crippen LogP contribution in [0.5, 0.6) is 0 Å². The summed E-state index contributed by atoms with van der Waals surface area (Å²) in [6.45, 7) is 12.6. The lowest BCUT2D eigenvalue weighted by molar-refractivity contribution is -0.125. The van der Waals surface area contributed by atoms with Gasteiger partial charge in [-0.15, -0.1) is 0 Å². The predicted octanol–water partition coefficient (Wildman–Crippen LogP) is 4.70. The van der Waals surface area contributed by atoms with Crippen LogP contribution in [-0.4, -0.2) is 55.1 Å². The molecular weight excluding hydrogens is 392 g/mol. The van der Waals surface area contributed by atoms with Gasteiger partial charge in [-0.25, -0.2) is 4.98 Å². The van der Waals surface area contributed by atoms with E-state index in [-0.39, 0.29) is 11.8 Å². The number of unbranched alkanes of at least 4 members (excludes halogenated alkanes) is 1. The largest absolute Gasteiger partial charge is 0.356 e. The Hall–Kier alpha value is -1.66. The maximum Gasteiger partial charge on any atom is 0.223 e. The molecular formula is C24H38N4OS. The number of carbonyl (C=O) groups is 1. The minimum absolute atomic E-state index is 0.143. The number of aryl methyl sites for hydroxylation is 1. The Kier molecular flexibility index (Phi) is 8.94. The molecule has 0 spiro atoms. The molecule has 1 amide bonds. The third-order valence-corrected chi connectivity index (χ3v) is 7.29. The number of benzene rings is 1. The minimum Gasteiger partial charge on any atom is -0.356 e. The molecule has 0 saturated carbocycles. The molecule has 1 aromatic heterocycles. The molecule has 0 radical (unpaired) electrons. The lowest BCUT2D eigenvalue weighted by atomic mass is 9.96. The molecule has 5 nitrogen and oxygen atoms in total. The summed E-state index contributed by atoms with van der Waals surface area (Å²) in [5.74, 6) is 0.382. The van der Waals surface area contributed by atoms with Crippen LogP contribution in [0.15, 0.2) is 18.2 Å². The molecule has 1 fully saturated rings. The van der Waals surface area contributed by atoms with Crippen LogP contribution < -0.4 is 10.2 Å². The van der Waals surface area contributed by atoms with Crippen molar-refractivity contribution < 1.29 is 4.79 Å². The number of aromatic nitrogens is 1. The van der Waals surface area contributed by atoms with E-state index in [1.165, 1.54) is 29.6 Å². The fraction of sp³-hybridized carbons (Fsp3) is 0.667. The van der Waals surface area contributed by atoms with E-state index in [0.29, 0.717) is 0 Å². The molecule has 1 N–H and O–H groups in total. The van der Waals surface area contributed by atoms with Gasteiger partial charge in [-0.3, -0.25) is 4.79 Å². The minimum atomic E-state index is 0.143. The van der Waals surface area contributed by atoms with Crippen molar-refractivity contribution in [2.75, 3.05) is 44.2 Å². The first-order valence-electron chi connectivity index (χ1n) is 11.8. The van der Waals surface area contributed by atoms with Gasteiger partial charge in [0.15, 0.2) is 5.13 Å². The fourth-order valence-corrected chi connectivity index (χ4v) is 5.19. The standard InChI is InChI=1S/C24H38N4OS/c1-4-7-14-27(6-3)15-8-13-25-23(29)20-11-16-28(17-12-20)24-26-21-10-9-19(5-2)18-22(21)30-24/h9-10,18,20H,4-8,11-17H2,1-3H3,(H,25,29). The summed E-state index contributed by atoms with van der Waals surface area (Å²) in [7, 11) is 0. The quantitative estimate of drug-likeness (QED) is 0.525. The van der Waals surface area contributed by atoms with Gasteiger partial charge in [0.05, 0.1) is 10.2 Å².